The molecule has 1 atom stereocenters. The number of ether oxygens (including phenoxy) is 2. The molecule has 0 bridgehead atoms. The van der Waals surface area contributed by atoms with Gasteiger partial charge < -0.3 is 9.47 Å². The van der Waals surface area contributed by atoms with Crippen LogP contribution in [0.4, 0.5) is 0 Å². The zero-order valence-corrected chi connectivity index (χ0v) is 18.5. The van der Waals surface area contributed by atoms with Crippen LogP contribution < -0.4 is 0 Å². The van der Waals surface area contributed by atoms with Gasteiger partial charge in [0.15, 0.2) is 11.2 Å². The Morgan fingerprint density at radius 1 is 0.935 bits per heavy atom. The lowest BCUT2D eigenvalue weighted by atomic mass is 9.84. The Morgan fingerprint density at radius 3 is 2.03 bits per heavy atom. The molecule has 2 aromatic rings. The fraction of sp³-hybridized carbons (Fsp3) is 0.320. The van der Waals surface area contributed by atoms with E-state index in [1.807, 2.05) is 41.8 Å². The second kappa shape index (κ2) is 10.4. The summed E-state index contributed by atoms with van der Waals surface area (Å²) in [6.45, 7) is 3.69. The molecule has 162 valence electrons. The van der Waals surface area contributed by atoms with Crippen molar-refractivity contribution >= 4 is 29.5 Å². The molecular weight excluding hydrogens is 412 g/mol. The fourth-order valence-corrected chi connectivity index (χ4v) is 4.64. The van der Waals surface area contributed by atoms with Crippen molar-refractivity contribution in [3.8, 4) is 0 Å². The van der Waals surface area contributed by atoms with Crippen LogP contribution in [0.2, 0.25) is 0 Å². The van der Waals surface area contributed by atoms with E-state index in [1.54, 1.807) is 38.1 Å². The predicted octanol–water partition coefficient (Wildman–Crippen LogP) is 5.07. The summed E-state index contributed by atoms with van der Waals surface area (Å²) in [6, 6.07) is 18.7. The van der Waals surface area contributed by atoms with Gasteiger partial charge in [-0.25, -0.2) is 0 Å². The second-order valence-electron chi connectivity index (χ2n) is 7.31. The van der Waals surface area contributed by atoms with Gasteiger partial charge in [-0.3, -0.25) is 14.4 Å². The average molecular weight is 439 g/mol. The third-order valence-electron chi connectivity index (χ3n) is 5.30. The van der Waals surface area contributed by atoms with Crippen LogP contribution in [0.1, 0.15) is 37.0 Å². The van der Waals surface area contributed by atoms with Crippen LogP contribution in [-0.2, 0) is 19.1 Å². The standard InChI is InChI=1S/C25H26O5S/c1-3-29-23(27)25(24(28)30-4-2)15-19(17-31-20-13-9-6-10-14-20)21(16-25)22(26)18-11-7-5-8-12-18/h5-14,17,21H,3-4,15-16H2,1-2H3/b19-17-. The van der Waals surface area contributed by atoms with Crippen LogP contribution in [0.25, 0.3) is 0 Å². The Hall–Kier alpha value is -2.86. The molecule has 5 nitrogen and oxygen atoms in total. The molecule has 0 spiro atoms. The number of benzene rings is 2. The van der Waals surface area contributed by atoms with Crippen molar-refractivity contribution < 1.29 is 23.9 Å². The summed E-state index contributed by atoms with van der Waals surface area (Å²) in [6.07, 6.45) is 0.146. The number of carbonyl (C=O) groups excluding carboxylic acids is 3. The topological polar surface area (TPSA) is 69.7 Å². The van der Waals surface area contributed by atoms with Gasteiger partial charge in [0.2, 0.25) is 0 Å². The molecule has 3 rings (SSSR count). The zero-order valence-electron chi connectivity index (χ0n) is 17.7. The lowest BCUT2D eigenvalue weighted by Gasteiger charge is -2.24. The Labute approximate surface area is 186 Å². The number of thioether (sulfide) groups is 1. The highest BCUT2D eigenvalue weighted by Crippen LogP contribution is 2.49. The zero-order chi connectivity index (χ0) is 22.3. The molecule has 0 radical (unpaired) electrons. The molecule has 0 amide bonds. The molecule has 0 aliphatic heterocycles. The molecule has 1 aliphatic carbocycles. The minimum Gasteiger partial charge on any atom is -0.465 e. The quantitative estimate of drug-likeness (QED) is 0.248. The maximum absolute atomic E-state index is 13.4. The highest BCUT2D eigenvalue weighted by atomic mass is 32.2. The third-order valence-corrected chi connectivity index (χ3v) is 6.27. The summed E-state index contributed by atoms with van der Waals surface area (Å²) < 4.78 is 10.5. The summed E-state index contributed by atoms with van der Waals surface area (Å²) >= 11 is 1.47. The Kier molecular flexibility index (Phi) is 7.69. The van der Waals surface area contributed by atoms with Crippen LogP contribution in [0.3, 0.4) is 0 Å². The first kappa shape index (κ1) is 22.8. The summed E-state index contributed by atoms with van der Waals surface area (Å²) in [5.74, 6) is -1.98. The van der Waals surface area contributed by atoms with Gasteiger partial charge in [0.1, 0.15) is 0 Å². The van der Waals surface area contributed by atoms with Crippen LogP contribution in [0.5, 0.6) is 0 Å². The van der Waals surface area contributed by atoms with E-state index >= 15 is 0 Å². The monoisotopic (exact) mass is 438 g/mol. The summed E-state index contributed by atoms with van der Waals surface area (Å²) in [5, 5.41) is 1.89. The van der Waals surface area contributed by atoms with E-state index < -0.39 is 23.3 Å². The van der Waals surface area contributed by atoms with Crippen molar-refractivity contribution in [2.75, 3.05) is 13.2 Å². The molecule has 31 heavy (non-hydrogen) atoms. The van der Waals surface area contributed by atoms with Gasteiger partial charge in [-0.1, -0.05) is 65.9 Å². The summed E-state index contributed by atoms with van der Waals surface area (Å²) in [5.41, 5.74) is -0.222. The van der Waals surface area contributed by atoms with Crippen LogP contribution >= 0.6 is 11.8 Å². The van der Waals surface area contributed by atoms with E-state index in [4.69, 9.17) is 9.47 Å². The molecule has 0 N–H and O–H groups in total. The molecule has 1 fully saturated rings. The molecule has 1 saturated carbocycles. The van der Waals surface area contributed by atoms with Crippen molar-refractivity contribution in [3.63, 3.8) is 0 Å². The normalized spacial score (nSPS) is 18.5. The number of rotatable bonds is 8. The maximum atomic E-state index is 13.4. The third kappa shape index (κ3) is 5.07. The van der Waals surface area contributed by atoms with Crippen LogP contribution in [-0.4, -0.2) is 30.9 Å². The fourth-order valence-electron chi connectivity index (χ4n) is 3.79. The molecule has 1 unspecified atom stereocenters. The second-order valence-corrected chi connectivity index (χ2v) is 8.25. The molecule has 0 saturated heterocycles. The van der Waals surface area contributed by atoms with E-state index in [2.05, 4.69) is 0 Å². The number of hydrogen-bond acceptors (Lipinski definition) is 6. The smallest absolute Gasteiger partial charge is 0.323 e. The van der Waals surface area contributed by atoms with Gasteiger partial charge in [0.25, 0.3) is 0 Å². The highest BCUT2D eigenvalue weighted by molar-refractivity contribution is 8.02. The summed E-state index contributed by atoms with van der Waals surface area (Å²) in [7, 11) is 0. The van der Waals surface area contributed by atoms with Crippen LogP contribution in [0, 0.1) is 11.3 Å². The van der Waals surface area contributed by atoms with E-state index in [0.717, 1.165) is 10.5 Å². The number of ketones is 1. The Morgan fingerprint density at radius 2 is 1.48 bits per heavy atom. The SMILES string of the molecule is CCOC(=O)C1(C(=O)OCC)C/C(=C/Sc2ccccc2)C(C(=O)c2ccccc2)C1. The Balaban J connectivity index is 2.00. The van der Waals surface area contributed by atoms with Gasteiger partial charge >= 0.3 is 11.9 Å². The predicted molar refractivity (Wildman–Crippen MR) is 120 cm³/mol. The van der Waals surface area contributed by atoms with Crippen LogP contribution in [0.15, 0.2) is 76.5 Å². The molecule has 2 aromatic carbocycles. The van der Waals surface area contributed by atoms with Gasteiger partial charge in [0.05, 0.1) is 13.2 Å². The summed E-state index contributed by atoms with van der Waals surface area (Å²) in [4.78, 5) is 40.2. The van der Waals surface area contributed by atoms with E-state index in [0.29, 0.717) is 5.56 Å². The number of esters is 2. The maximum Gasteiger partial charge on any atom is 0.323 e. The van der Waals surface area contributed by atoms with Crippen molar-refractivity contribution in [2.24, 2.45) is 11.3 Å². The van der Waals surface area contributed by atoms with Crippen molar-refractivity contribution in [1.29, 1.82) is 0 Å². The molecular formula is C25H26O5S. The van der Waals surface area contributed by atoms with E-state index in [-0.39, 0.29) is 31.8 Å². The first-order chi connectivity index (χ1) is 15.0. The van der Waals surface area contributed by atoms with Crippen molar-refractivity contribution in [2.45, 2.75) is 31.6 Å². The largest absolute Gasteiger partial charge is 0.465 e. The minimum absolute atomic E-state index is 0.0412. The van der Waals surface area contributed by atoms with Gasteiger partial charge in [-0.2, -0.15) is 0 Å². The number of Topliss-reactive ketones (excluding diaryl/α,β-unsaturated/α-hetero) is 1. The lowest BCUT2D eigenvalue weighted by molar-refractivity contribution is -0.171. The lowest BCUT2D eigenvalue weighted by Crippen LogP contribution is -2.40. The van der Waals surface area contributed by atoms with Gasteiger partial charge in [-0.05, 0) is 44.2 Å². The highest BCUT2D eigenvalue weighted by Gasteiger charge is 2.57. The minimum atomic E-state index is -1.51. The number of carbonyl (C=O) groups is 3. The molecule has 0 heterocycles. The van der Waals surface area contributed by atoms with E-state index in [1.165, 1.54) is 11.8 Å². The van der Waals surface area contributed by atoms with E-state index in [9.17, 15) is 14.4 Å². The molecule has 6 heteroatoms. The molecule has 0 aromatic heterocycles. The van der Waals surface area contributed by atoms with Crippen molar-refractivity contribution in [1.82, 2.24) is 0 Å². The number of hydrogen-bond donors (Lipinski definition) is 0. The van der Waals surface area contributed by atoms with Gasteiger partial charge in [-0.15, -0.1) is 0 Å². The number of allylic oxidation sites excluding steroid dienone is 1. The first-order valence-corrected chi connectivity index (χ1v) is 11.2. The van der Waals surface area contributed by atoms with Crippen molar-refractivity contribution in [3.05, 3.63) is 77.2 Å². The molecule has 1 aliphatic rings. The Bertz CT molecular complexity index is 934. The first-order valence-electron chi connectivity index (χ1n) is 10.4. The van der Waals surface area contributed by atoms with Gasteiger partial charge in [0, 0.05) is 16.4 Å². The average Bonchev–Trinajstić information content (AvgIpc) is 3.20.